The summed E-state index contributed by atoms with van der Waals surface area (Å²) >= 11 is 0. The molecule has 0 spiro atoms. The van der Waals surface area contributed by atoms with Gasteiger partial charge in [-0.3, -0.25) is 23.7 Å². The van der Waals surface area contributed by atoms with Gasteiger partial charge < -0.3 is 35.7 Å². The third kappa shape index (κ3) is 14.0. The van der Waals surface area contributed by atoms with E-state index in [4.69, 9.17) is 0 Å². The molecule has 0 amide bonds. The first kappa shape index (κ1) is 63.1. The van der Waals surface area contributed by atoms with Crippen molar-refractivity contribution in [3.05, 3.63) is 228 Å². The number of aryl methyl sites for hydroxylation is 11. The molecule has 3 aromatic heterocycles. The normalized spacial score (nSPS) is 11.6. The molecule has 18 heteroatoms. The highest BCUT2D eigenvalue weighted by atomic mass is 16.3. The highest BCUT2D eigenvalue weighted by molar-refractivity contribution is 5.98. The Kier molecular flexibility index (Phi) is 19.5. The number of aliphatic hydroxyl groups excluding tert-OH is 2. The van der Waals surface area contributed by atoms with Crippen LogP contribution in [0.25, 0.3) is 33.2 Å². The fourth-order valence-electron chi connectivity index (χ4n) is 10.9. The lowest BCUT2D eigenvalue weighted by atomic mass is 9.96. The number of H-pyrrole nitrogens is 1. The van der Waals surface area contributed by atoms with Crippen molar-refractivity contribution in [2.24, 2.45) is 30.7 Å². The number of nitrogens with zero attached hydrogens (tertiary/aromatic N) is 9. The van der Waals surface area contributed by atoms with E-state index in [0.29, 0.717) is 46.8 Å². The van der Waals surface area contributed by atoms with Crippen LogP contribution in [0.1, 0.15) is 85.8 Å². The zero-order valence-electron chi connectivity index (χ0n) is 51.7. The molecule has 0 fully saturated rings. The maximum Gasteiger partial charge on any atom is 0.294 e. The van der Waals surface area contributed by atoms with Crippen molar-refractivity contribution < 1.29 is 35.7 Å². The largest absolute Gasteiger partial charge is 0.506 e. The molecule has 0 unspecified atom stereocenters. The van der Waals surface area contributed by atoms with Gasteiger partial charge in [0.25, 0.3) is 5.56 Å². The second-order valence-corrected chi connectivity index (χ2v) is 22.5. The number of azo groups is 3. The Hall–Kier alpha value is -10.4. The molecule has 3 heterocycles. The highest BCUT2D eigenvalue weighted by Gasteiger charge is 2.22. The molecule has 456 valence electrons. The van der Waals surface area contributed by atoms with Gasteiger partial charge in [-0.05, 0) is 203 Å². The number of aromatic hydroxyl groups is 5. The van der Waals surface area contributed by atoms with Crippen LogP contribution in [0.4, 0.5) is 34.1 Å². The maximum absolute atomic E-state index is 12.4. The van der Waals surface area contributed by atoms with Crippen LogP contribution in [0.15, 0.2) is 181 Å². The van der Waals surface area contributed by atoms with Gasteiger partial charge in [0.2, 0.25) is 11.8 Å². The molecule has 0 saturated carbocycles. The average Bonchev–Trinajstić information content (AvgIpc) is 1.71. The zero-order valence-corrected chi connectivity index (χ0v) is 51.7. The first-order valence-electron chi connectivity index (χ1n) is 29.3. The number of phenolic OH excluding ortho intramolecular Hbond substituents is 2. The van der Waals surface area contributed by atoms with E-state index in [1.165, 1.54) is 27.4 Å². The minimum atomic E-state index is -0.300. The number of hydrogen-bond donors (Lipinski definition) is 8. The standard InChI is InChI=1S/2C24H23N3O3.C23H28N4O2/c1-14-4-6-19-21(11-14)27(18-9-15(2)8-16(3)10-18)24(30)23(19)26-25-20-7-5-17(13-28)12-22(20)29;1-14-7-8-19-21(12-14)27(18-10-15(2)9-16(3)11-18)24(30)22(19)26-25-20-6-4-5-17(13-28)23(20)29;1-5-14-27-23(29)21(17(4)26-27)25-24-20-11-7-10-18(22(20)28)12-13-19-15(2)8-6-9-16(19)3/h2*4-12,28-30H,13H2,1-3H3;6-11,26,28H,5,12-14H2,1-4H3. The summed E-state index contributed by atoms with van der Waals surface area (Å²) in [6, 6.07) is 45.2. The Balaban J connectivity index is 0.000000159. The number of fused-ring (bicyclic) bond motifs is 2. The van der Waals surface area contributed by atoms with E-state index in [1.807, 2.05) is 121 Å². The molecule has 0 saturated heterocycles. The summed E-state index contributed by atoms with van der Waals surface area (Å²) in [4.78, 5) is 12.4. The van der Waals surface area contributed by atoms with Crippen LogP contribution in [0.5, 0.6) is 29.0 Å². The number of aromatic nitrogens is 4. The van der Waals surface area contributed by atoms with Gasteiger partial charge in [0.15, 0.2) is 17.1 Å². The zero-order chi connectivity index (χ0) is 63.8. The average molecular weight is 1200 g/mol. The Bertz CT molecular complexity index is 4520. The molecular weight excluding hydrogens is 1120 g/mol. The van der Waals surface area contributed by atoms with Crippen LogP contribution in [0, 0.1) is 62.3 Å². The van der Waals surface area contributed by atoms with E-state index >= 15 is 0 Å². The fraction of sp³-hybridized carbons (Fsp3) is 0.225. The molecule has 11 aromatic rings. The number of rotatable bonds is 15. The van der Waals surface area contributed by atoms with Crippen molar-refractivity contribution in [2.75, 3.05) is 0 Å². The number of phenols is 3. The van der Waals surface area contributed by atoms with Gasteiger partial charge in [-0.2, -0.15) is 0 Å². The van der Waals surface area contributed by atoms with Crippen LogP contribution in [0.2, 0.25) is 0 Å². The molecule has 0 aliphatic carbocycles. The Labute approximate surface area is 516 Å². The van der Waals surface area contributed by atoms with E-state index in [-0.39, 0.29) is 64.8 Å². The van der Waals surface area contributed by atoms with Crippen molar-refractivity contribution in [2.45, 2.75) is 108 Å². The van der Waals surface area contributed by atoms with Gasteiger partial charge in [-0.25, -0.2) is 0 Å². The van der Waals surface area contributed by atoms with Crippen LogP contribution < -0.4 is 5.56 Å². The molecular formula is C71H74N10O8. The first-order chi connectivity index (χ1) is 42.7. The summed E-state index contributed by atoms with van der Waals surface area (Å²) in [5.74, 6) is -0.140. The third-order valence-electron chi connectivity index (χ3n) is 15.3. The summed E-state index contributed by atoms with van der Waals surface area (Å²) in [6.45, 7) is 20.2. The van der Waals surface area contributed by atoms with E-state index < -0.39 is 0 Å². The van der Waals surface area contributed by atoms with Crippen LogP contribution in [-0.2, 0) is 32.6 Å². The molecule has 0 aliphatic heterocycles. The van der Waals surface area contributed by atoms with Crippen LogP contribution >= 0.6 is 0 Å². The number of nitrogens with one attached hydrogen (secondary N) is 1. The summed E-state index contributed by atoms with van der Waals surface area (Å²) in [5.41, 5.74) is 17.6. The van der Waals surface area contributed by atoms with Gasteiger partial charge in [0.05, 0.1) is 29.9 Å². The van der Waals surface area contributed by atoms with Crippen molar-refractivity contribution in [1.29, 1.82) is 0 Å². The number of benzene rings is 8. The van der Waals surface area contributed by atoms with Gasteiger partial charge >= 0.3 is 0 Å². The lowest BCUT2D eigenvalue weighted by Gasteiger charge is -2.11. The third-order valence-corrected chi connectivity index (χ3v) is 15.3. The minimum Gasteiger partial charge on any atom is -0.506 e. The molecule has 0 bridgehead atoms. The number of aliphatic hydroxyl groups is 2. The quantitative estimate of drug-likeness (QED) is 0.0457. The van der Waals surface area contributed by atoms with Gasteiger partial charge in [-0.15, -0.1) is 30.7 Å². The highest BCUT2D eigenvalue weighted by Crippen LogP contribution is 2.45. The van der Waals surface area contributed by atoms with Crippen molar-refractivity contribution in [3.63, 3.8) is 0 Å². The number of para-hydroxylation sites is 2. The number of aromatic amines is 1. The first-order valence-corrected chi connectivity index (χ1v) is 29.3. The Morgan fingerprint density at radius 2 is 0.921 bits per heavy atom. The van der Waals surface area contributed by atoms with Crippen molar-refractivity contribution in [1.82, 2.24) is 18.9 Å². The molecule has 8 N–H and O–H groups in total. The van der Waals surface area contributed by atoms with E-state index in [2.05, 4.69) is 80.0 Å². The smallest absolute Gasteiger partial charge is 0.294 e. The molecule has 11 rings (SSSR count). The topological polar surface area (TPSA) is 263 Å². The SMILES string of the molecule is CCCn1[nH]c(C)c(N=Nc2cccc(CCc3c(C)cccc3C)c2O)c1=O.Cc1cc(C)cc(-n2c(O)c(N=Nc3ccc(CO)cc3O)c3ccc(C)cc32)c1.Cc1cc(C)cc(-n2c(O)c(N=Nc3cccc(CO)c3O)c3ccc(C)cc32)c1. The minimum absolute atomic E-state index is 0.0178. The molecule has 0 atom stereocenters. The Morgan fingerprint density at radius 1 is 0.449 bits per heavy atom. The lowest BCUT2D eigenvalue weighted by molar-refractivity contribution is 0.275. The van der Waals surface area contributed by atoms with E-state index in [0.717, 1.165) is 85.0 Å². The molecule has 18 nitrogen and oxygen atoms in total. The molecule has 0 radical (unpaired) electrons. The van der Waals surface area contributed by atoms with Crippen molar-refractivity contribution >= 4 is 55.9 Å². The molecule has 0 aliphatic rings. The van der Waals surface area contributed by atoms with Crippen LogP contribution in [-0.4, -0.2) is 54.7 Å². The predicted molar refractivity (Wildman–Crippen MR) is 350 cm³/mol. The van der Waals surface area contributed by atoms with Gasteiger partial charge in [0.1, 0.15) is 34.3 Å². The lowest BCUT2D eigenvalue weighted by Crippen LogP contribution is -2.15. The molecule has 8 aromatic carbocycles. The van der Waals surface area contributed by atoms with Crippen molar-refractivity contribution in [3.8, 4) is 40.4 Å². The van der Waals surface area contributed by atoms with Gasteiger partial charge in [0, 0.05) is 34.3 Å². The van der Waals surface area contributed by atoms with Gasteiger partial charge in [-0.1, -0.05) is 91.9 Å². The number of hydrogen-bond acceptors (Lipinski definition) is 14. The maximum atomic E-state index is 12.4. The van der Waals surface area contributed by atoms with E-state index in [9.17, 15) is 40.5 Å². The van der Waals surface area contributed by atoms with E-state index in [1.54, 1.807) is 52.5 Å². The fourth-order valence-corrected chi connectivity index (χ4v) is 10.9. The second kappa shape index (κ2) is 27.5. The molecule has 89 heavy (non-hydrogen) atoms. The second-order valence-electron chi connectivity index (χ2n) is 22.5. The summed E-state index contributed by atoms with van der Waals surface area (Å²) in [6.07, 6.45) is 2.39. The van der Waals surface area contributed by atoms with Crippen LogP contribution in [0.3, 0.4) is 0 Å². The summed E-state index contributed by atoms with van der Waals surface area (Å²) in [7, 11) is 0. The summed E-state index contributed by atoms with van der Waals surface area (Å²) < 4.78 is 5.07. The Morgan fingerprint density at radius 3 is 1.40 bits per heavy atom. The monoisotopic (exact) mass is 1190 g/mol. The summed E-state index contributed by atoms with van der Waals surface area (Å²) in [5, 5.41) is 101. The predicted octanol–water partition coefficient (Wildman–Crippen LogP) is 17.2.